The van der Waals surface area contributed by atoms with Crippen molar-refractivity contribution in [1.29, 1.82) is 0 Å². The quantitative estimate of drug-likeness (QED) is 0.760. The first-order valence-corrected chi connectivity index (χ1v) is 5.42. The summed E-state index contributed by atoms with van der Waals surface area (Å²) in [6, 6.07) is 10.5. The lowest BCUT2D eigenvalue weighted by atomic mass is 9.86. The fourth-order valence-corrected chi connectivity index (χ4v) is 1.81. The second kappa shape index (κ2) is 5.82. The number of hydrogen-bond acceptors (Lipinski definition) is 1. The number of aliphatic hydroxyl groups is 1. The normalized spacial score (nSPS) is 15.1. The van der Waals surface area contributed by atoms with Gasteiger partial charge in [0.2, 0.25) is 0 Å². The Morgan fingerprint density at radius 1 is 1.21 bits per heavy atom. The molecule has 0 fully saturated rings. The van der Waals surface area contributed by atoms with Crippen molar-refractivity contribution < 1.29 is 5.11 Å². The van der Waals surface area contributed by atoms with Gasteiger partial charge < -0.3 is 5.11 Å². The van der Waals surface area contributed by atoms with Crippen molar-refractivity contribution in [3.8, 4) is 0 Å². The van der Waals surface area contributed by atoms with E-state index in [-0.39, 0.29) is 0 Å². The van der Waals surface area contributed by atoms with E-state index in [1.807, 2.05) is 6.07 Å². The fraction of sp³-hybridized carbons (Fsp3) is 0.538. The molecule has 14 heavy (non-hydrogen) atoms. The molecule has 1 rings (SSSR count). The molecule has 0 aliphatic heterocycles. The van der Waals surface area contributed by atoms with Crippen LogP contribution in [0.5, 0.6) is 0 Å². The predicted octanol–water partition coefficient (Wildman–Crippen LogP) is 2.88. The molecule has 0 aliphatic carbocycles. The molecular weight excluding hydrogens is 172 g/mol. The number of aliphatic hydroxyl groups excluding tert-OH is 1. The molecule has 0 bridgehead atoms. The molecular formula is C13H20O. The minimum Gasteiger partial charge on any atom is -0.396 e. The van der Waals surface area contributed by atoms with Crippen LogP contribution in [0.4, 0.5) is 0 Å². The molecule has 0 amide bonds. The molecule has 1 aromatic carbocycles. The summed E-state index contributed by atoms with van der Waals surface area (Å²) in [6.07, 6.45) is 2.22. The lowest BCUT2D eigenvalue weighted by molar-refractivity contribution is 0.184. The Morgan fingerprint density at radius 2 is 1.86 bits per heavy atom. The molecule has 1 aromatic rings. The van der Waals surface area contributed by atoms with Gasteiger partial charge in [-0.3, -0.25) is 0 Å². The zero-order chi connectivity index (χ0) is 10.4. The summed E-state index contributed by atoms with van der Waals surface area (Å²) in [7, 11) is 0. The number of benzene rings is 1. The Hall–Kier alpha value is -0.820. The van der Waals surface area contributed by atoms with Crippen molar-refractivity contribution in [3.05, 3.63) is 35.9 Å². The molecule has 0 radical (unpaired) electrons. The van der Waals surface area contributed by atoms with Gasteiger partial charge in [-0.05, 0) is 23.8 Å². The Bertz CT molecular complexity index is 243. The highest BCUT2D eigenvalue weighted by Gasteiger charge is 2.14. The average molecular weight is 192 g/mol. The van der Waals surface area contributed by atoms with Crippen LogP contribution < -0.4 is 0 Å². The summed E-state index contributed by atoms with van der Waals surface area (Å²) < 4.78 is 0. The first-order chi connectivity index (χ1) is 6.77. The first-order valence-electron chi connectivity index (χ1n) is 5.42. The molecule has 0 heterocycles. The summed E-state index contributed by atoms with van der Waals surface area (Å²) in [6.45, 7) is 4.61. The van der Waals surface area contributed by atoms with Crippen molar-refractivity contribution in [2.75, 3.05) is 6.61 Å². The van der Waals surface area contributed by atoms with E-state index in [2.05, 4.69) is 38.1 Å². The fourth-order valence-electron chi connectivity index (χ4n) is 1.81. The van der Waals surface area contributed by atoms with Crippen LogP contribution >= 0.6 is 0 Å². The molecule has 2 unspecified atom stereocenters. The van der Waals surface area contributed by atoms with E-state index in [4.69, 9.17) is 5.11 Å². The van der Waals surface area contributed by atoms with Gasteiger partial charge in [0.05, 0.1) is 0 Å². The zero-order valence-corrected chi connectivity index (χ0v) is 9.11. The molecule has 0 saturated carbocycles. The van der Waals surface area contributed by atoms with E-state index in [9.17, 15) is 0 Å². The monoisotopic (exact) mass is 192 g/mol. The van der Waals surface area contributed by atoms with Crippen molar-refractivity contribution in [2.24, 2.45) is 11.8 Å². The molecule has 0 saturated heterocycles. The van der Waals surface area contributed by atoms with E-state index < -0.39 is 0 Å². The van der Waals surface area contributed by atoms with Crippen LogP contribution in [0, 0.1) is 11.8 Å². The third-order valence-corrected chi connectivity index (χ3v) is 2.96. The second-order valence-electron chi connectivity index (χ2n) is 4.02. The van der Waals surface area contributed by atoms with E-state index >= 15 is 0 Å². The van der Waals surface area contributed by atoms with Crippen molar-refractivity contribution >= 4 is 0 Å². The maximum Gasteiger partial charge on any atom is 0.0459 e. The molecule has 1 N–H and O–H groups in total. The molecule has 78 valence electrons. The largest absolute Gasteiger partial charge is 0.396 e. The zero-order valence-electron chi connectivity index (χ0n) is 9.11. The van der Waals surface area contributed by atoms with Crippen molar-refractivity contribution in [1.82, 2.24) is 0 Å². The van der Waals surface area contributed by atoms with E-state index in [1.165, 1.54) is 5.56 Å². The number of rotatable bonds is 5. The minimum atomic E-state index is 0.297. The summed E-state index contributed by atoms with van der Waals surface area (Å²) in [5, 5.41) is 9.11. The topological polar surface area (TPSA) is 20.2 Å². The summed E-state index contributed by atoms with van der Waals surface area (Å²) in [5.74, 6) is 1.00. The van der Waals surface area contributed by atoms with Gasteiger partial charge >= 0.3 is 0 Å². The van der Waals surface area contributed by atoms with Crippen LogP contribution in [0.2, 0.25) is 0 Å². The molecule has 0 spiro atoms. The molecule has 1 heteroatoms. The van der Waals surface area contributed by atoms with Gasteiger partial charge in [0.25, 0.3) is 0 Å². The Morgan fingerprint density at radius 3 is 2.36 bits per heavy atom. The highest BCUT2D eigenvalue weighted by atomic mass is 16.3. The summed E-state index contributed by atoms with van der Waals surface area (Å²) in [4.78, 5) is 0. The van der Waals surface area contributed by atoms with Crippen LogP contribution in [0.1, 0.15) is 25.8 Å². The summed E-state index contributed by atoms with van der Waals surface area (Å²) in [5.41, 5.74) is 1.37. The van der Waals surface area contributed by atoms with E-state index in [0.29, 0.717) is 18.4 Å². The summed E-state index contributed by atoms with van der Waals surface area (Å²) >= 11 is 0. The Balaban J connectivity index is 2.57. The van der Waals surface area contributed by atoms with Crippen LogP contribution in [-0.2, 0) is 6.42 Å². The van der Waals surface area contributed by atoms with Gasteiger partial charge in [-0.25, -0.2) is 0 Å². The highest BCUT2D eigenvalue weighted by molar-refractivity contribution is 5.15. The third-order valence-electron chi connectivity index (χ3n) is 2.96. The molecule has 0 aliphatic rings. The SMILES string of the molecule is CCC(Cc1ccccc1)C(C)CO. The molecule has 2 atom stereocenters. The molecule has 0 aromatic heterocycles. The smallest absolute Gasteiger partial charge is 0.0459 e. The van der Waals surface area contributed by atoms with Crippen molar-refractivity contribution in [3.63, 3.8) is 0 Å². The lowest BCUT2D eigenvalue weighted by Crippen LogP contribution is -2.17. The van der Waals surface area contributed by atoms with Gasteiger partial charge in [0.15, 0.2) is 0 Å². The Labute approximate surface area is 86.8 Å². The van der Waals surface area contributed by atoms with Crippen LogP contribution in [0.3, 0.4) is 0 Å². The van der Waals surface area contributed by atoms with Gasteiger partial charge in [-0.1, -0.05) is 50.6 Å². The standard InChI is InChI=1S/C13H20O/c1-3-13(11(2)10-14)9-12-7-5-4-6-8-12/h4-8,11,13-14H,3,9-10H2,1-2H3. The maximum absolute atomic E-state index is 9.11. The van der Waals surface area contributed by atoms with Crippen molar-refractivity contribution in [2.45, 2.75) is 26.7 Å². The van der Waals surface area contributed by atoms with Gasteiger partial charge in [0, 0.05) is 6.61 Å². The van der Waals surface area contributed by atoms with E-state index in [0.717, 1.165) is 12.8 Å². The predicted molar refractivity (Wildman–Crippen MR) is 60.2 cm³/mol. The van der Waals surface area contributed by atoms with E-state index in [1.54, 1.807) is 0 Å². The number of hydrogen-bond donors (Lipinski definition) is 1. The lowest BCUT2D eigenvalue weighted by Gasteiger charge is -2.20. The minimum absolute atomic E-state index is 0.297. The average Bonchev–Trinajstić information content (AvgIpc) is 2.26. The van der Waals surface area contributed by atoms with Gasteiger partial charge in [-0.15, -0.1) is 0 Å². The first kappa shape index (κ1) is 11.3. The second-order valence-corrected chi connectivity index (χ2v) is 4.02. The van der Waals surface area contributed by atoms with Gasteiger partial charge in [-0.2, -0.15) is 0 Å². The van der Waals surface area contributed by atoms with Crippen LogP contribution in [0.25, 0.3) is 0 Å². The highest BCUT2D eigenvalue weighted by Crippen LogP contribution is 2.20. The molecule has 1 nitrogen and oxygen atoms in total. The Kier molecular flexibility index (Phi) is 4.68. The third kappa shape index (κ3) is 3.15. The van der Waals surface area contributed by atoms with Crippen LogP contribution in [0.15, 0.2) is 30.3 Å². The van der Waals surface area contributed by atoms with Gasteiger partial charge in [0.1, 0.15) is 0 Å². The van der Waals surface area contributed by atoms with Crippen LogP contribution in [-0.4, -0.2) is 11.7 Å². The maximum atomic E-state index is 9.11.